The van der Waals surface area contributed by atoms with E-state index in [1.54, 1.807) is 0 Å². The molecule has 0 aromatic heterocycles. The molecule has 1 aliphatic carbocycles. The van der Waals surface area contributed by atoms with E-state index in [1.807, 2.05) is 11.9 Å². The lowest BCUT2D eigenvalue weighted by Crippen LogP contribution is -2.60. The molecule has 1 aromatic rings. The Morgan fingerprint density at radius 3 is 2.33 bits per heavy atom. The van der Waals surface area contributed by atoms with E-state index in [2.05, 4.69) is 44.8 Å². The molecule has 2 N–H and O–H groups in total. The zero-order chi connectivity index (χ0) is 22.2. The van der Waals surface area contributed by atoms with E-state index in [0.717, 1.165) is 64.9 Å². The van der Waals surface area contributed by atoms with Crippen LogP contribution in [0.3, 0.4) is 0 Å². The van der Waals surface area contributed by atoms with Crippen molar-refractivity contribution in [2.75, 3.05) is 46.4 Å². The van der Waals surface area contributed by atoms with Crippen LogP contribution in [0.1, 0.15) is 56.1 Å². The van der Waals surface area contributed by atoms with Gasteiger partial charge < -0.3 is 20.3 Å². The standard InChI is InChI=1S/C25H39N5O2.HI/c1-26-24(28-20-25(11-3-2-4-12-25)30-14-16-32-17-15-30)27-18-21-7-9-22(10-8-21)19-29-13-5-6-23(29)31;/h7-10H,2-6,11-20H2,1H3,(H2,26,27,28);1H. The van der Waals surface area contributed by atoms with Crippen LogP contribution in [0.25, 0.3) is 0 Å². The third-order valence-electron chi connectivity index (χ3n) is 7.30. The number of nitrogens with zero attached hydrogens (tertiary/aromatic N) is 3. The molecule has 1 aromatic carbocycles. The number of amides is 1. The predicted octanol–water partition coefficient (Wildman–Crippen LogP) is 3.13. The van der Waals surface area contributed by atoms with Gasteiger partial charge in [-0.15, -0.1) is 24.0 Å². The van der Waals surface area contributed by atoms with Gasteiger partial charge in [0.25, 0.3) is 0 Å². The van der Waals surface area contributed by atoms with Crippen LogP contribution in [-0.4, -0.2) is 73.6 Å². The number of carbonyl (C=O) groups is 1. The summed E-state index contributed by atoms with van der Waals surface area (Å²) in [6, 6.07) is 8.56. The number of halogens is 1. The minimum absolute atomic E-state index is 0. The van der Waals surface area contributed by atoms with Crippen LogP contribution in [-0.2, 0) is 22.6 Å². The Morgan fingerprint density at radius 1 is 1.00 bits per heavy atom. The van der Waals surface area contributed by atoms with Gasteiger partial charge in [-0.25, -0.2) is 0 Å². The van der Waals surface area contributed by atoms with Gasteiger partial charge in [0.15, 0.2) is 5.96 Å². The molecular weight excluding hydrogens is 529 g/mol. The van der Waals surface area contributed by atoms with Crippen molar-refractivity contribution in [3.8, 4) is 0 Å². The Labute approximate surface area is 215 Å². The number of benzene rings is 1. The van der Waals surface area contributed by atoms with Crippen molar-refractivity contribution >= 4 is 35.8 Å². The number of hydrogen-bond donors (Lipinski definition) is 2. The van der Waals surface area contributed by atoms with Crippen molar-refractivity contribution in [3.63, 3.8) is 0 Å². The van der Waals surface area contributed by atoms with Crippen LogP contribution in [0.5, 0.6) is 0 Å². The van der Waals surface area contributed by atoms with Gasteiger partial charge in [0.1, 0.15) is 0 Å². The highest BCUT2D eigenvalue weighted by atomic mass is 127. The molecule has 0 atom stereocenters. The van der Waals surface area contributed by atoms with Crippen LogP contribution >= 0.6 is 24.0 Å². The lowest BCUT2D eigenvalue weighted by molar-refractivity contribution is -0.128. The summed E-state index contributed by atoms with van der Waals surface area (Å²) in [4.78, 5) is 20.9. The average molecular weight is 570 g/mol. The smallest absolute Gasteiger partial charge is 0.222 e. The van der Waals surface area contributed by atoms with Gasteiger partial charge in [-0.3, -0.25) is 14.7 Å². The fourth-order valence-electron chi connectivity index (χ4n) is 5.36. The molecule has 4 rings (SSSR count). The summed E-state index contributed by atoms with van der Waals surface area (Å²) < 4.78 is 5.60. The van der Waals surface area contributed by atoms with E-state index in [4.69, 9.17) is 4.74 Å². The minimum atomic E-state index is 0. The molecule has 3 fully saturated rings. The van der Waals surface area contributed by atoms with Crippen LogP contribution < -0.4 is 10.6 Å². The van der Waals surface area contributed by atoms with Gasteiger partial charge in [0.2, 0.25) is 5.91 Å². The van der Waals surface area contributed by atoms with Gasteiger partial charge >= 0.3 is 0 Å². The number of carbonyl (C=O) groups excluding carboxylic acids is 1. The molecule has 2 heterocycles. The van der Waals surface area contributed by atoms with Crippen molar-refractivity contribution in [2.45, 2.75) is 63.6 Å². The second-order valence-corrected chi connectivity index (χ2v) is 9.40. The second-order valence-electron chi connectivity index (χ2n) is 9.40. The lowest BCUT2D eigenvalue weighted by atomic mass is 9.80. The molecule has 1 amide bonds. The maximum absolute atomic E-state index is 11.8. The fourth-order valence-corrected chi connectivity index (χ4v) is 5.36. The molecule has 0 unspecified atom stereocenters. The summed E-state index contributed by atoms with van der Waals surface area (Å²) >= 11 is 0. The summed E-state index contributed by atoms with van der Waals surface area (Å²) in [5.74, 6) is 1.13. The maximum Gasteiger partial charge on any atom is 0.222 e. The number of likely N-dealkylation sites (tertiary alicyclic amines) is 1. The summed E-state index contributed by atoms with van der Waals surface area (Å²) in [5, 5.41) is 7.10. The zero-order valence-electron chi connectivity index (χ0n) is 20.0. The monoisotopic (exact) mass is 569 g/mol. The number of nitrogens with one attached hydrogen (secondary N) is 2. The van der Waals surface area contributed by atoms with Crippen LogP contribution in [0.4, 0.5) is 0 Å². The first-order valence-electron chi connectivity index (χ1n) is 12.3. The fraction of sp³-hybridized carbons (Fsp3) is 0.680. The Morgan fingerprint density at radius 2 is 1.70 bits per heavy atom. The number of hydrogen-bond acceptors (Lipinski definition) is 4. The summed E-state index contributed by atoms with van der Waals surface area (Å²) in [7, 11) is 1.84. The van der Waals surface area contributed by atoms with Crippen LogP contribution in [0.15, 0.2) is 29.3 Å². The third kappa shape index (κ3) is 7.05. The van der Waals surface area contributed by atoms with Gasteiger partial charge in [0.05, 0.1) is 13.2 Å². The Kier molecular flexibility index (Phi) is 10.2. The molecule has 0 radical (unpaired) electrons. The van der Waals surface area contributed by atoms with E-state index >= 15 is 0 Å². The van der Waals surface area contributed by atoms with Crippen molar-refractivity contribution in [1.29, 1.82) is 0 Å². The Hall–Kier alpha value is -1.39. The summed E-state index contributed by atoms with van der Waals surface area (Å²) in [6.45, 7) is 7.01. The van der Waals surface area contributed by atoms with Crippen molar-refractivity contribution < 1.29 is 9.53 Å². The Bertz CT molecular complexity index is 774. The predicted molar refractivity (Wildman–Crippen MR) is 143 cm³/mol. The van der Waals surface area contributed by atoms with E-state index in [0.29, 0.717) is 6.42 Å². The third-order valence-corrected chi connectivity index (χ3v) is 7.30. The molecule has 1 saturated carbocycles. The van der Waals surface area contributed by atoms with E-state index in [1.165, 1.54) is 43.2 Å². The first kappa shape index (κ1) is 26.2. The quantitative estimate of drug-likeness (QED) is 0.300. The highest BCUT2D eigenvalue weighted by molar-refractivity contribution is 14.0. The second kappa shape index (κ2) is 12.9. The average Bonchev–Trinajstić information content (AvgIpc) is 3.25. The molecular formula is C25H40IN5O2. The molecule has 184 valence electrons. The van der Waals surface area contributed by atoms with Gasteiger partial charge in [0, 0.05) is 58.3 Å². The zero-order valence-corrected chi connectivity index (χ0v) is 22.3. The number of ether oxygens (including phenoxy) is 1. The first-order chi connectivity index (χ1) is 15.7. The normalized spacial score (nSPS) is 21.5. The van der Waals surface area contributed by atoms with Crippen molar-refractivity contribution in [2.24, 2.45) is 4.99 Å². The van der Waals surface area contributed by atoms with Gasteiger partial charge in [-0.2, -0.15) is 0 Å². The molecule has 33 heavy (non-hydrogen) atoms. The number of guanidine groups is 1. The maximum atomic E-state index is 11.8. The Balaban J connectivity index is 0.00000306. The van der Waals surface area contributed by atoms with Crippen molar-refractivity contribution in [1.82, 2.24) is 20.4 Å². The van der Waals surface area contributed by atoms with Crippen LogP contribution in [0, 0.1) is 0 Å². The summed E-state index contributed by atoms with van der Waals surface area (Å²) in [5.41, 5.74) is 2.62. The first-order valence-corrected chi connectivity index (χ1v) is 12.3. The van der Waals surface area contributed by atoms with E-state index < -0.39 is 0 Å². The highest BCUT2D eigenvalue weighted by Gasteiger charge is 2.38. The molecule has 7 nitrogen and oxygen atoms in total. The largest absolute Gasteiger partial charge is 0.379 e. The van der Waals surface area contributed by atoms with Gasteiger partial charge in [-0.1, -0.05) is 43.5 Å². The summed E-state index contributed by atoms with van der Waals surface area (Å²) in [6.07, 6.45) is 8.14. The molecule has 0 bridgehead atoms. The number of aliphatic imine (C=N–C) groups is 1. The topological polar surface area (TPSA) is 69.2 Å². The number of morpholine rings is 1. The lowest BCUT2D eigenvalue weighted by Gasteiger charge is -2.48. The number of rotatable bonds is 7. The SMILES string of the molecule is CN=C(NCc1ccc(CN2CCCC2=O)cc1)NCC1(N2CCOCC2)CCCCC1.I. The molecule has 2 aliphatic heterocycles. The highest BCUT2D eigenvalue weighted by Crippen LogP contribution is 2.33. The van der Waals surface area contributed by atoms with Crippen LogP contribution in [0.2, 0.25) is 0 Å². The van der Waals surface area contributed by atoms with E-state index in [9.17, 15) is 4.79 Å². The minimum Gasteiger partial charge on any atom is -0.379 e. The van der Waals surface area contributed by atoms with Gasteiger partial charge in [-0.05, 0) is 30.4 Å². The molecule has 0 spiro atoms. The molecule has 8 heteroatoms. The van der Waals surface area contributed by atoms with E-state index in [-0.39, 0.29) is 35.4 Å². The molecule has 2 saturated heterocycles. The molecule has 3 aliphatic rings. The van der Waals surface area contributed by atoms with Crippen molar-refractivity contribution in [3.05, 3.63) is 35.4 Å².